The lowest BCUT2D eigenvalue weighted by molar-refractivity contribution is -0.384. The Bertz CT molecular complexity index is 472. The molecule has 1 aromatic carbocycles. The summed E-state index contributed by atoms with van der Waals surface area (Å²) in [4.78, 5) is 12.9. The first kappa shape index (κ1) is 12.4. The van der Waals surface area contributed by atoms with Crippen LogP contribution >= 0.6 is 0 Å². The Labute approximate surface area is 112 Å². The van der Waals surface area contributed by atoms with Gasteiger partial charge >= 0.3 is 0 Å². The van der Waals surface area contributed by atoms with Crippen molar-refractivity contribution in [3.63, 3.8) is 0 Å². The van der Waals surface area contributed by atoms with Gasteiger partial charge in [0.2, 0.25) is 0 Å². The van der Waals surface area contributed by atoms with E-state index >= 15 is 0 Å². The topological polar surface area (TPSA) is 58.4 Å². The summed E-state index contributed by atoms with van der Waals surface area (Å²) in [5.41, 5.74) is 1.17. The molecule has 3 rings (SSSR count). The van der Waals surface area contributed by atoms with Crippen LogP contribution in [0.15, 0.2) is 24.3 Å². The Morgan fingerprint density at radius 1 is 1.32 bits per heavy atom. The minimum Gasteiger partial charge on any atom is -0.367 e. The number of anilines is 1. The first-order valence-corrected chi connectivity index (χ1v) is 7.00. The molecule has 2 unspecified atom stereocenters. The van der Waals surface area contributed by atoms with Gasteiger partial charge in [-0.25, -0.2) is 0 Å². The number of nitro benzene ring substituents is 1. The number of nitrogens with zero attached hydrogens (tertiary/aromatic N) is 2. The molecule has 2 saturated heterocycles. The molecule has 1 N–H and O–H groups in total. The third-order valence-electron chi connectivity index (χ3n) is 4.23. The summed E-state index contributed by atoms with van der Waals surface area (Å²) < 4.78 is 0. The second-order valence-corrected chi connectivity index (χ2v) is 5.38. The molecular weight excluding hydrogens is 242 g/mol. The number of rotatable bonds is 3. The van der Waals surface area contributed by atoms with Crippen LogP contribution in [0.25, 0.3) is 0 Å². The summed E-state index contributed by atoms with van der Waals surface area (Å²) >= 11 is 0. The second kappa shape index (κ2) is 5.17. The Morgan fingerprint density at radius 2 is 2.21 bits per heavy atom. The first-order chi connectivity index (χ1) is 9.25. The Balaban J connectivity index is 1.83. The van der Waals surface area contributed by atoms with E-state index in [1.165, 1.54) is 25.7 Å². The summed E-state index contributed by atoms with van der Waals surface area (Å²) in [7, 11) is 0. The van der Waals surface area contributed by atoms with E-state index in [1.807, 2.05) is 6.07 Å². The van der Waals surface area contributed by atoms with Crippen LogP contribution in [-0.4, -0.2) is 30.1 Å². The number of nitro groups is 1. The van der Waals surface area contributed by atoms with E-state index in [1.54, 1.807) is 18.2 Å². The number of nitrogens with one attached hydrogen (secondary N) is 1. The molecule has 0 aliphatic carbocycles. The van der Waals surface area contributed by atoms with E-state index in [4.69, 9.17) is 0 Å². The zero-order valence-electron chi connectivity index (χ0n) is 10.9. The summed E-state index contributed by atoms with van der Waals surface area (Å²) in [6.07, 6.45) is 4.81. The summed E-state index contributed by atoms with van der Waals surface area (Å²) in [6.45, 7) is 2.11. The van der Waals surface area contributed by atoms with Gasteiger partial charge in [0, 0.05) is 36.4 Å². The molecule has 0 bridgehead atoms. The van der Waals surface area contributed by atoms with Crippen molar-refractivity contribution in [3.05, 3.63) is 34.4 Å². The van der Waals surface area contributed by atoms with Crippen molar-refractivity contribution in [2.24, 2.45) is 0 Å². The fourth-order valence-electron chi connectivity index (χ4n) is 3.36. The van der Waals surface area contributed by atoms with Crippen molar-refractivity contribution < 1.29 is 4.92 Å². The molecule has 0 radical (unpaired) electrons. The molecule has 102 valence electrons. The number of benzene rings is 1. The van der Waals surface area contributed by atoms with E-state index < -0.39 is 0 Å². The molecule has 0 spiro atoms. The van der Waals surface area contributed by atoms with Crippen molar-refractivity contribution in [1.82, 2.24) is 5.32 Å². The van der Waals surface area contributed by atoms with Crippen LogP contribution in [0, 0.1) is 10.1 Å². The van der Waals surface area contributed by atoms with Crippen LogP contribution in [0.3, 0.4) is 0 Å². The fraction of sp³-hybridized carbons (Fsp3) is 0.571. The lowest BCUT2D eigenvalue weighted by atomic mass is 10.0. The quantitative estimate of drug-likeness (QED) is 0.670. The van der Waals surface area contributed by atoms with Gasteiger partial charge in [0.05, 0.1) is 4.92 Å². The van der Waals surface area contributed by atoms with Crippen molar-refractivity contribution in [2.75, 3.05) is 18.0 Å². The van der Waals surface area contributed by atoms with Crippen molar-refractivity contribution in [2.45, 2.75) is 37.8 Å². The summed E-state index contributed by atoms with van der Waals surface area (Å²) in [6, 6.07) is 8.06. The molecule has 5 nitrogen and oxygen atoms in total. The maximum atomic E-state index is 10.9. The predicted molar refractivity (Wildman–Crippen MR) is 74.5 cm³/mol. The van der Waals surface area contributed by atoms with Gasteiger partial charge in [-0.15, -0.1) is 0 Å². The third kappa shape index (κ3) is 2.42. The van der Waals surface area contributed by atoms with Crippen LogP contribution in [0.2, 0.25) is 0 Å². The van der Waals surface area contributed by atoms with Gasteiger partial charge in [-0.1, -0.05) is 6.07 Å². The van der Waals surface area contributed by atoms with E-state index in [9.17, 15) is 10.1 Å². The lowest BCUT2D eigenvalue weighted by Crippen LogP contribution is -2.44. The van der Waals surface area contributed by atoms with Crippen LogP contribution in [0.4, 0.5) is 11.4 Å². The maximum absolute atomic E-state index is 10.9. The highest BCUT2D eigenvalue weighted by Gasteiger charge is 2.33. The predicted octanol–water partition coefficient (Wildman–Crippen LogP) is 2.32. The monoisotopic (exact) mass is 261 g/mol. The second-order valence-electron chi connectivity index (χ2n) is 5.38. The smallest absolute Gasteiger partial charge is 0.271 e. The average Bonchev–Trinajstić information content (AvgIpc) is 3.09. The van der Waals surface area contributed by atoms with Gasteiger partial charge in [-0.2, -0.15) is 0 Å². The lowest BCUT2D eigenvalue weighted by Gasteiger charge is -2.31. The van der Waals surface area contributed by atoms with Crippen LogP contribution in [-0.2, 0) is 0 Å². The van der Waals surface area contributed by atoms with Gasteiger partial charge in [-0.3, -0.25) is 10.1 Å². The van der Waals surface area contributed by atoms with E-state index in [0.29, 0.717) is 12.1 Å². The number of non-ortho nitro benzene ring substituents is 1. The summed E-state index contributed by atoms with van der Waals surface area (Å²) in [5, 5.41) is 14.4. The Hall–Kier alpha value is -1.62. The zero-order valence-corrected chi connectivity index (χ0v) is 10.9. The van der Waals surface area contributed by atoms with Gasteiger partial charge in [0.25, 0.3) is 5.69 Å². The molecule has 2 aliphatic rings. The largest absolute Gasteiger partial charge is 0.367 e. The Morgan fingerprint density at radius 3 is 2.95 bits per heavy atom. The van der Waals surface area contributed by atoms with Crippen LogP contribution in [0.1, 0.15) is 25.7 Å². The van der Waals surface area contributed by atoms with Gasteiger partial charge in [-0.05, 0) is 38.3 Å². The standard InChI is InChI=1S/C14H19N3O2/c18-17(19)12-5-1-4-11(10-12)16-9-3-7-14(16)13-6-2-8-15-13/h1,4-5,10,13-15H,2-3,6-9H2. The molecular formula is C14H19N3O2. The molecule has 2 fully saturated rings. The highest BCUT2D eigenvalue weighted by molar-refractivity contribution is 5.54. The Kier molecular flexibility index (Phi) is 3.38. The maximum Gasteiger partial charge on any atom is 0.271 e. The molecule has 0 amide bonds. The normalized spacial score (nSPS) is 26.8. The molecule has 0 aromatic heterocycles. The highest BCUT2D eigenvalue weighted by Crippen LogP contribution is 2.31. The van der Waals surface area contributed by atoms with E-state index in [0.717, 1.165) is 18.8 Å². The van der Waals surface area contributed by atoms with E-state index in [2.05, 4.69) is 10.2 Å². The minimum atomic E-state index is -0.317. The molecule has 2 heterocycles. The third-order valence-corrected chi connectivity index (χ3v) is 4.23. The van der Waals surface area contributed by atoms with Crippen molar-refractivity contribution >= 4 is 11.4 Å². The SMILES string of the molecule is O=[N+]([O-])c1cccc(N2CCCC2C2CCCN2)c1. The van der Waals surface area contributed by atoms with Gasteiger partial charge in [0.1, 0.15) is 0 Å². The summed E-state index contributed by atoms with van der Waals surface area (Å²) in [5.74, 6) is 0. The number of hydrogen-bond donors (Lipinski definition) is 1. The molecule has 2 atom stereocenters. The fourth-order valence-corrected chi connectivity index (χ4v) is 3.36. The van der Waals surface area contributed by atoms with Crippen molar-refractivity contribution in [3.8, 4) is 0 Å². The first-order valence-electron chi connectivity index (χ1n) is 7.00. The van der Waals surface area contributed by atoms with Gasteiger partial charge in [0.15, 0.2) is 0 Å². The highest BCUT2D eigenvalue weighted by atomic mass is 16.6. The molecule has 5 heteroatoms. The van der Waals surface area contributed by atoms with Crippen molar-refractivity contribution in [1.29, 1.82) is 0 Å². The average molecular weight is 261 g/mol. The molecule has 0 saturated carbocycles. The molecule has 1 aromatic rings. The zero-order chi connectivity index (χ0) is 13.2. The molecule has 2 aliphatic heterocycles. The number of hydrogen-bond acceptors (Lipinski definition) is 4. The van der Waals surface area contributed by atoms with Crippen LogP contribution < -0.4 is 10.2 Å². The van der Waals surface area contributed by atoms with Crippen LogP contribution in [0.5, 0.6) is 0 Å². The van der Waals surface area contributed by atoms with E-state index in [-0.39, 0.29) is 10.6 Å². The van der Waals surface area contributed by atoms with Gasteiger partial charge < -0.3 is 10.2 Å². The molecule has 19 heavy (non-hydrogen) atoms. The minimum absolute atomic E-state index is 0.183.